The minimum absolute atomic E-state index is 0.853. The van der Waals surface area contributed by atoms with Gasteiger partial charge in [0.15, 0.2) is 0 Å². The number of anilines is 1. The van der Waals surface area contributed by atoms with E-state index in [1.54, 1.807) is 14.2 Å². The smallest absolute Gasteiger partial charge is 0.118 e. The average molecular weight is 423 g/mol. The van der Waals surface area contributed by atoms with Gasteiger partial charge in [-0.25, -0.2) is 4.99 Å². The lowest BCUT2D eigenvalue weighted by molar-refractivity contribution is 0.414. The van der Waals surface area contributed by atoms with E-state index in [2.05, 4.69) is 47.8 Å². The summed E-state index contributed by atoms with van der Waals surface area (Å²) < 4.78 is 10.7. The fraction of sp³-hybridized carbons (Fsp3) is 0.179. The summed E-state index contributed by atoms with van der Waals surface area (Å²) in [6, 6.07) is 24.7. The number of nitrogens with one attached hydrogen (secondary N) is 1. The van der Waals surface area contributed by atoms with Crippen molar-refractivity contribution in [2.45, 2.75) is 19.3 Å². The maximum Gasteiger partial charge on any atom is 0.118 e. The van der Waals surface area contributed by atoms with Gasteiger partial charge in [-0.15, -0.1) is 0 Å². The Bertz CT molecular complexity index is 1220. The number of benzene rings is 3. The molecular formula is C28H26N2O2. The zero-order valence-electron chi connectivity index (χ0n) is 18.4. The molecule has 1 N–H and O–H groups in total. The van der Waals surface area contributed by atoms with E-state index in [1.807, 2.05) is 36.4 Å². The Balaban J connectivity index is 1.65. The predicted molar refractivity (Wildman–Crippen MR) is 132 cm³/mol. The first kappa shape index (κ1) is 20.1. The van der Waals surface area contributed by atoms with Gasteiger partial charge in [0.05, 0.1) is 37.0 Å². The number of para-hydroxylation sites is 2. The summed E-state index contributed by atoms with van der Waals surface area (Å²) in [5, 5.41) is 3.69. The number of methoxy groups -OCH3 is 2. The normalized spacial score (nSPS) is 16.4. The van der Waals surface area contributed by atoms with Gasteiger partial charge in [0.2, 0.25) is 0 Å². The summed E-state index contributed by atoms with van der Waals surface area (Å²) in [6.45, 7) is 0. The van der Waals surface area contributed by atoms with E-state index >= 15 is 0 Å². The van der Waals surface area contributed by atoms with Crippen molar-refractivity contribution in [2.24, 2.45) is 4.99 Å². The summed E-state index contributed by atoms with van der Waals surface area (Å²) in [4.78, 5) is 5.16. The van der Waals surface area contributed by atoms with E-state index in [9.17, 15) is 0 Å². The van der Waals surface area contributed by atoms with Crippen LogP contribution in [0.1, 0.15) is 30.4 Å². The number of fused-ring (bicyclic) bond motifs is 2. The number of rotatable bonds is 4. The van der Waals surface area contributed by atoms with Crippen LogP contribution in [0.15, 0.2) is 88.9 Å². The summed E-state index contributed by atoms with van der Waals surface area (Å²) in [5.41, 5.74) is 9.00. The van der Waals surface area contributed by atoms with Crippen LogP contribution in [0.3, 0.4) is 0 Å². The van der Waals surface area contributed by atoms with Gasteiger partial charge in [-0.2, -0.15) is 0 Å². The number of hydrogen-bond acceptors (Lipinski definition) is 4. The highest BCUT2D eigenvalue weighted by molar-refractivity contribution is 6.21. The molecule has 3 aromatic rings. The van der Waals surface area contributed by atoms with E-state index < -0.39 is 0 Å². The lowest BCUT2D eigenvalue weighted by atomic mass is 9.84. The van der Waals surface area contributed by atoms with Crippen LogP contribution in [0.25, 0.3) is 11.8 Å². The minimum Gasteiger partial charge on any atom is -0.497 e. The maximum atomic E-state index is 5.37. The fourth-order valence-corrected chi connectivity index (χ4v) is 4.32. The maximum absolute atomic E-state index is 5.37. The molecular weight excluding hydrogens is 396 g/mol. The Morgan fingerprint density at radius 3 is 2.22 bits per heavy atom. The van der Waals surface area contributed by atoms with E-state index in [0.29, 0.717) is 0 Å². The van der Waals surface area contributed by atoms with Crippen molar-refractivity contribution in [2.75, 3.05) is 19.5 Å². The Morgan fingerprint density at radius 2 is 1.50 bits per heavy atom. The molecule has 0 aromatic heterocycles. The molecule has 32 heavy (non-hydrogen) atoms. The molecule has 0 saturated heterocycles. The summed E-state index contributed by atoms with van der Waals surface area (Å²) in [5.74, 6) is 1.72. The molecule has 2 aliphatic rings. The predicted octanol–water partition coefficient (Wildman–Crippen LogP) is 6.88. The zero-order chi connectivity index (χ0) is 21.9. The second-order valence-electron chi connectivity index (χ2n) is 7.98. The third-order valence-corrected chi connectivity index (χ3v) is 6.00. The van der Waals surface area contributed by atoms with Crippen molar-refractivity contribution in [3.63, 3.8) is 0 Å². The molecule has 0 spiro atoms. The fourth-order valence-electron chi connectivity index (χ4n) is 4.32. The molecule has 4 nitrogen and oxygen atoms in total. The zero-order valence-corrected chi connectivity index (χ0v) is 18.4. The molecule has 3 aromatic carbocycles. The third kappa shape index (κ3) is 3.92. The van der Waals surface area contributed by atoms with Crippen molar-refractivity contribution >= 4 is 28.9 Å². The molecule has 0 bridgehead atoms. The molecule has 0 amide bonds. The van der Waals surface area contributed by atoms with Gasteiger partial charge in [-0.3, -0.25) is 0 Å². The van der Waals surface area contributed by atoms with Crippen LogP contribution in [0.4, 0.5) is 11.4 Å². The van der Waals surface area contributed by atoms with Gasteiger partial charge in [0.25, 0.3) is 0 Å². The summed E-state index contributed by atoms with van der Waals surface area (Å²) in [6.07, 6.45) is 5.35. The highest BCUT2D eigenvalue weighted by atomic mass is 16.5. The number of hydrogen-bond donors (Lipinski definition) is 1. The highest BCUT2D eigenvalue weighted by Gasteiger charge is 2.26. The second kappa shape index (κ2) is 8.75. The topological polar surface area (TPSA) is 42.9 Å². The average Bonchev–Trinajstić information content (AvgIpc) is 3.02. The Labute approximate surface area is 188 Å². The lowest BCUT2D eigenvalue weighted by Crippen LogP contribution is -2.16. The molecule has 1 aliphatic heterocycles. The van der Waals surface area contributed by atoms with Crippen molar-refractivity contribution in [1.82, 2.24) is 0 Å². The Kier molecular flexibility index (Phi) is 5.51. The van der Waals surface area contributed by atoms with Crippen molar-refractivity contribution in [3.8, 4) is 11.5 Å². The summed E-state index contributed by atoms with van der Waals surface area (Å²) in [7, 11) is 3.39. The molecule has 1 heterocycles. The van der Waals surface area contributed by atoms with Crippen LogP contribution in [0.5, 0.6) is 11.5 Å². The van der Waals surface area contributed by atoms with Crippen LogP contribution in [-0.2, 0) is 0 Å². The van der Waals surface area contributed by atoms with Crippen molar-refractivity contribution < 1.29 is 9.47 Å². The molecule has 0 radical (unpaired) electrons. The summed E-state index contributed by atoms with van der Waals surface area (Å²) >= 11 is 0. The van der Waals surface area contributed by atoms with Crippen LogP contribution in [0, 0.1) is 0 Å². The lowest BCUT2D eigenvalue weighted by Gasteiger charge is -2.23. The van der Waals surface area contributed by atoms with E-state index in [1.165, 1.54) is 11.1 Å². The number of aliphatic imine (C=N–C) groups is 1. The minimum atomic E-state index is 0.853. The molecule has 0 unspecified atom stereocenters. The molecule has 1 saturated carbocycles. The molecule has 160 valence electrons. The standard InChI is InChI=1S/C28H26N2O2/c1-31-22-14-10-19(11-15-22)18-21-6-5-7-24-27(20-12-16-23(32-2)17-13-20)29-25-8-3-4-9-26(25)30-28(21)24/h3-4,8-18,29H,5-7H2,1-2H3/b21-18+. The first-order valence-electron chi connectivity index (χ1n) is 10.9. The molecule has 0 atom stereocenters. The van der Waals surface area contributed by atoms with Crippen LogP contribution >= 0.6 is 0 Å². The van der Waals surface area contributed by atoms with Crippen molar-refractivity contribution in [3.05, 3.63) is 95.1 Å². The Hall–Kier alpha value is -3.79. The van der Waals surface area contributed by atoms with E-state index in [4.69, 9.17) is 14.5 Å². The third-order valence-electron chi connectivity index (χ3n) is 6.00. The van der Waals surface area contributed by atoms with Crippen molar-refractivity contribution in [1.29, 1.82) is 0 Å². The number of ether oxygens (including phenoxy) is 2. The van der Waals surface area contributed by atoms with Gasteiger partial charge in [0.1, 0.15) is 11.5 Å². The number of allylic oxidation sites excluding steroid dienone is 2. The molecule has 1 fully saturated rings. The number of nitrogens with zero attached hydrogens (tertiary/aromatic N) is 1. The van der Waals surface area contributed by atoms with Gasteiger partial charge < -0.3 is 14.8 Å². The molecule has 1 aliphatic carbocycles. The monoisotopic (exact) mass is 422 g/mol. The largest absolute Gasteiger partial charge is 0.497 e. The van der Waals surface area contributed by atoms with Crippen LogP contribution in [0.2, 0.25) is 0 Å². The SMILES string of the molecule is COc1ccc(/C=C2\CCCC3=C(c4ccc(OC)cc4)Nc4ccccc4N=C32)cc1. The highest BCUT2D eigenvalue weighted by Crippen LogP contribution is 2.40. The van der Waals surface area contributed by atoms with Gasteiger partial charge in [-0.1, -0.05) is 24.3 Å². The molecule has 4 heteroatoms. The first-order valence-corrected chi connectivity index (χ1v) is 10.9. The molecule has 5 rings (SSSR count). The van der Waals surface area contributed by atoms with Gasteiger partial charge in [-0.05, 0) is 90.6 Å². The van der Waals surface area contributed by atoms with E-state index in [-0.39, 0.29) is 0 Å². The quantitative estimate of drug-likeness (QED) is 0.498. The van der Waals surface area contributed by atoms with Gasteiger partial charge in [0, 0.05) is 5.57 Å². The second-order valence-corrected chi connectivity index (χ2v) is 7.98. The Morgan fingerprint density at radius 1 is 0.812 bits per heavy atom. The van der Waals surface area contributed by atoms with Crippen LogP contribution in [-0.4, -0.2) is 19.9 Å². The first-order chi connectivity index (χ1) is 15.7. The van der Waals surface area contributed by atoms with E-state index in [0.717, 1.165) is 64.7 Å². The van der Waals surface area contributed by atoms with Crippen LogP contribution < -0.4 is 14.8 Å². The van der Waals surface area contributed by atoms with Gasteiger partial charge >= 0.3 is 0 Å².